The molecule has 4 nitrogen and oxygen atoms in total. The molecule has 0 aliphatic carbocycles. The van der Waals surface area contributed by atoms with E-state index in [-0.39, 0.29) is 0 Å². The van der Waals surface area contributed by atoms with Gasteiger partial charge in [0.2, 0.25) is 0 Å². The lowest BCUT2D eigenvalue weighted by Crippen LogP contribution is -1.89. The number of halogens is 1. The van der Waals surface area contributed by atoms with Crippen molar-refractivity contribution in [2.75, 3.05) is 0 Å². The highest BCUT2D eigenvalue weighted by molar-refractivity contribution is 6.30. The van der Waals surface area contributed by atoms with E-state index in [9.17, 15) is 0 Å². The fraction of sp³-hybridized carbons (Fsp3) is 0.0588. The summed E-state index contributed by atoms with van der Waals surface area (Å²) in [6, 6.07) is 11.9. The highest BCUT2D eigenvalue weighted by Crippen LogP contribution is 2.25. The van der Waals surface area contributed by atoms with Gasteiger partial charge in [-0.25, -0.2) is 4.98 Å². The third-order valence-corrected chi connectivity index (χ3v) is 3.94. The molecule has 0 bridgehead atoms. The lowest BCUT2D eigenvalue weighted by Gasteiger charge is -2.04. The van der Waals surface area contributed by atoms with Crippen LogP contribution in [0.25, 0.3) is 28.0 Å². The number of fused-ring (bicyclic) bond motifs is 1. The lowest BCUT2D eigenvalue weighted by molar-refractivity contribution is 0.768. The van der Waals surface area contributed by atoms with Crippen LogP contribution in [-0.2, 0) is 7.05 Å². The Morgan fingerprint density at radius 1 is 0.955 bits per heavy atom. The van der Waals surface area contributed by atoms with Crippen molar-refractivity contribution < 1.29 is 0 Å². The Hall–Kier alpha value is -2.59. The zero-order valence-corrected chi connectivity index (χ0v) is 12.7. The molecule has 0 atom stereocenters. The average molecular weight is 309 g/mol. The minimum absolute atomic E-state index is 0.733. The molecule has 3 aromatic heterocycles. The van der Waals surface area contributed by atoms with Crippen LogP contribution in [0.1, 0.15) is 0 Å². The van der Waals surface area contributed by atoms with Crippen LogP contribution in [0.15, 0.2) is 61.2 Å². The molecule has 0 radical (unpaired) electrons. The second-order valence-electron chi connectivity index (χ2n) is 5.20. The number of imidazole rings is 1. The molecule has 0 unspecified atom stereocenters. The summed E-state index contributed by atoms with van der Waals surface area (Å²) in [5.74, 6) is 0. The predicted octanol–water partition coefficient (Wildman–Crippen LogP) is 4.06. The molecule has 0 N–H and O–H groups in total. The number of hydrogen-bond acceptors (Lipinski definition) is 2. The molecule has 0 saturated carbocycles. The van der Waals surface area contributed by atoms with Crippen molar-refractivity contribution in [2.45, 2.75) is 0 Å². The standard InChI is InChI=1S/C17H13ClN4/c1-21-11-14(9-20-21)13-6-7-22-16(10-19-17(22)8-13)12-2-4-15(18)5-3-12/h2-11H,1H3. The molecular formula is C17H13ClN4. The summed E-state index contributed by atoms with van der Waals surface area (Å²) in [4.78, 5) is 4.51. The van der Waals surface area contributed by atoms with E-state index in [1.807, 2.05) is 56.1 Å². The monoisotopic (exact) mass is 308 g/mol. The lowest BCUT2D eigenvalue weighted by atomic mass is 10.1. The summed E-state index contributed by atoms with van der Waals surface area (Å²) in [6.45, 7) is 0. The Bertz CT molecular complexity index is 950. The summed E-state index contributed by atoms with van der Waals surface area (Å²) in [6.07, 6.45) is 7.77. The van der Waals surface area contributed by atoms with Crippen molar-refractivity contribution in [1.82, 2.24) is 19.2 Å². The SMILES string of the molecule is Cn1cc(-c2ccn3c(-c4ccc(Cl)cc4)cnc3c2)cn1. The zero-order valence-electron chi connectivity index (χ0n) is 11.9. The Morgan fingerprint density at radius 2 is 1.77 bits per heavy atom. The molecule has 0 amide bonds. The summed E-state index contributed by atoms with van der Waals surface area (Å²) in [5, 5.41) is 4.94. The van der Waals surface area contributed by atoms with Gasteiger partial charge in [0.1, 0.15) is 5.65 Å². The normalized spacial score (nSPS) is 11.2. The van der Waals surface area contributed by atoms with Crippen LogP contribution in [-0.4, -0.2) is 19.2 Å². The van der Waals surface area contributed by atoms with E-state index >= 15 is 0 Å². The minimum atomic E-state index is 0.733. The molecule has 4 aromatic rings. The van der Waals surface area contributed by atoms with Crippen molar-refractivity contribution >= 4 is 17.2 Å². The van der Waals surface area contributed by atoms with E-state index < -0.39 is 0 Å². The van der Waals surface area contributed by atoms with Crippen LogP contribution >= 0.6 is 11.6 Å². The van der Waals surface area contributed by atoms with Crippen LogP contribution in [0.3, 0.4) is 0 Å². The Labute approximate surface area is 132 Å². The molecule has 108 valence electrons. The van der Waals surface area contributed by atoms with Gasteiger partial charge in [-0.3, -0.25) is 9.08 Å². The second-order valence-corrected chi connectivity index (χ2v) is 5.63. The van der Waals surface area contributed by atoms with Gasteiger partial charge in [-0.1, -0.05) is 23.7 Å². The first-order valence-corrected chi connectivity index (χ1v) is 7.30. The van der Waals surface area contributed by atoms with Crippen LogP contribution in [0.4, 0.5) is 0 Å². The van der Waals surface area contributed by atoms with Gasteiger partial charge >= 0.3 is 0 Å². The molecule has 5 heteroatoms. The summed E-state index contributed by atoms with van der Waals surface area (Å²) in [5.41, 5.74) is 5.23. The number of nitrogens with zero attached hydrogens (tertiary/aromatic N) is 4. The van der Waals surface area contributed by atoms with Gasteiger partial charge in [0.15, 0.2) is 0 Å². The summed E-state index contributed by atoms with van der Waals surface area (Å²) in [7, 11) is 1.91. The summed E-state index contributed by atoms with van der Waals surface area (Å²) >= 11 is 5.95. The van der Waals surface area contributed by atoms with E-state index in [0.29, 0.717) is 0 Å². The van der Waals surface area contributed by atoms with Crippen LogP contribution in [0.2, 0.25) is 5.02 Å². The van der Waals surface area contributed by atoms with E-state index in [2.05, 4.69) is 26.6 Å². The Balaban J connectivity index is 1.82. The molecule has 0 saturated heterocycles. The maximum atomic E-state index is 5.95. The Kier molecular flexibility index (Phi) is 2.98. The highest BCUT2D eigenvalue weighted by Gasteiger charge is 2.08. The number of benzene rings is 1. The van der Waals surface area contributed by atoms with E-state index in [4.69, 9.17) is 11.6 Å². The van der Waals surface area contributed by atoms with Crippen LogP contribution < -0.4 is 0 Å². The third kappa shape index (κ3) is 2.18. The maximum Gasteiger partial charge on any atom is 0.137 e. The smallest absolute Gasteiger partial charge is 0.137 e. The van der Waals surface area contributed by atoms with Crippen molar-refractivity contribution in [3.63, 3.8) is 0 Å². The topological polar surface area (TPSA) is 35.1 Å². The molecule has 0 aliphatic heterocycles. The zero-order chi connectivity index (χ0) is 15.1. The third-order valence-electron chi connectivity index (χ3n) is 3.69. The van der Waals surface area contributed by atoms with Gasteiger partial charge in [-0.15, -0.1) is 0 Å². The van der Waals surface area contributed by atoms with Gasteiger partial charge < -0.3 is 0 Å². The van der Waals surface area contributed by atoms with Crippen LogP contribution in [0.5, 0.6) is 0 Å². The van der Waals surface area contributed by atoms with Gasteiger partial charge in [-0.05, 0) is 29.8 Å². The van der Waals surface area contributed by atoms with Crippen molar-refractivity contribution in [1.29, 1.82) is 0 Å². The maximum absolute atomic E-state index is 5.95. The Morgan fingerprint density at radius 3 is 2.50 bits per heavy atom. The molecular weight excluding hydrogens is 296 g/mol. The van der Waals surface area contributed by atoms with Crippen LogP contribution in [0, 0.1) is 0 Å². The van der Waals surface area contributed by atoms with E-state index in [1.165, 1.54) is 0 Å². The van der Waals surface area contributed by atoms with Crippen molar-refractivity contribution in [3.05, 3.63) is 66.2 Å². The highest BCUT2D eigenvalue weighted by atomic mass is 35.5. The van der Waals surface area contributed by atoms with Crippen molar-refractivity contribution in [2.24, 2.45) is 7.05 Å². The molecule has 3 heterocycles. The molecule has 0 spiro atoms. The largest absolute Gasteiger partial charge is 0.300 e. The van der Waals surface area contributed by atoms with E-state index in [1.54, 1.807) is 4.68 Å². The number of aromatic nitrogens is 4. The number of aryl methyl sites for hydroxylation is 1. The molecule has 22 heavy (non-hydrogen) atoms. The molecule has 0 fully saturated rings. The fourth-order valence-corrected chi connectivity index (χ4v) is 2.69. The molecule has 4 rings (SSSR count). The quantitative estimate of drug-likeness (QED) is 0.560. The predicted molar refractivity (Wildman–Crippen MR) is 87.8 cm³/mol. The van der Waals surface area contributed by atoms with Gasteiger partial charge in [0.05, 0.1) is 18.1 Å². The average Bonchev–Trinajstić information content (AvgIpc) is 3.14. The van der Waals surface area contributed by atoms with Gasteiger partial charge in [0.25, 0.3) is 0 Å². The molecule has 0 aliphatic rings. The number of hydrogen-bond donors (Lipinski definition) is 0. The number of rotatable bonds is 2. The fourth-order valence-electron chi connectivity index (χ4n) is 2.56. The first kappa shape index (κ1) is 13.1. The van der Waals surface area contributed by atoms with Crippen molar-refractivity contribution in [3.8, 4) is 22.4 Å². The molecule has 1 aromatic carbocycles. The first-order valence-electron chi connectivity index (χ1n) is 6.93. The number of pyridine rings is 1. The first-order chi connectivity index (χ1) is 10.7. The minimum Gasteiger partial charge on any atom is -0.300 e. The van der Waals surface area contributed by atoms with Gasteiger partial charge in [-0.2, -0.15) is 5.10 Å². The second kappa shape index (κ2) is 5.00. The van der Waals surface area contributed by atoms with Gasteiger partial charge in [0, 0.05) is 35.6 Å². The van der Waals surface area contributed by atoms with E-state index in [0.717, 1.165) is 33.1 Å². The summed E-state index contributed by atoms with van der Waals surface area (Å²) < 4.78 is 3.87.